The topological polar surface area (TPSA) is 28.2 Å². The Morgan fingerprint density at radius 2 is 2.40 bits per heavy atom. The van der Waals surface area contributed by atoms with Gasteiger partial charge in [-0.3, -0.25) is 9.88 Å². The summed E-state index contributed by atoms with van der Waals surface area (Å²) >= 11 is 0. The molecule has 0 saturated carbocycles. The lowest BCUT2D eigenvalue weighted by Gasteiger charge is -2.42. The van der Waals surface area contributed by atoms with E-state index in [1.807, 2.05) is 18.5 Å². The summed E-state index contributed by atoms with van der Waals surface area (Å²) in [5, 5.41) is 3.43. The minimum absolute atomic E-state index is 0.244. The summed E-state index contributed by atoms with van der Waals surface area (Å²) in [6.07, 6.45) is 3.78. The van der Waals surface area contributed by atoms with Gasteiger partial charge >= 0.3 is 0 Å². The fourth-order valence-corrected chi connectivity index (χ4v) is 2.03. The predicted molar refractivity (Wildman–Crippen MR) is 61.6 cm³/mol. The van der Waals surface area contributed by atoms with Gasteiger partial charge in [-0.1, -0.05) is 6.07 Å². The highest BCUT2D eigenvalue weighted by Gasteiger charge is 2.29. The van der Waals surface area contributed by atoms with Crippen LogP contribution in [0.3, 0.4) is 0 Å². The maximum Gasteiger partial charge on any atom is 0.0312 e. The van der Waals surface area contributed by atoms with Crippen molar-refractivity contribution in [2.45, 2.75) is 25.9 Å². The molecule has 0 spiro atoms. The summed E-state index contributed by atoms with van der Waals surface area (Å²) in [5.74, 6) is 0. The molecule has 0 radical (unpaired) electrons. The van der Waals surface area contributed by atoms with Crippen molar-refractivity contribution in [3.63, 3.8) is 0 Å². The van der Waals surface area contributed by atoms with Gasteiger partial charge in [0.05, 0.1) is 0 Å². The highest BCUT2D eigenvalue weighted by Crippen LogP contribution is 2.18. The Kier molecular flexibility index (Phi) is 3.03. The molecule has 1 aliphatic heterocycles. The maximum absolute atomic E-state index is 4.16. The van der Waals surface area contributed by atoms with Gasteiger partial charge in [0.1, 0.15) is 0 Å². The Morgan fingerprint density at radius 3 is 3.07 bits per heavy atom. The number of piperazine rings is 1. The Hall–Kier alpha value is -0.930. The average Bonchev–Trinajstić information content (AvgIpc) is 2.23. The van der Waals surface area contributed by atoms with Crippen LogP contribution >= 0.6 is 0 Å². The van der Waals surface area contributed by atoms with Crippen molar-refractivity contribution in [1.29, 1.82) is 0 Å². The second kappa shape index (κ2) is 4.29. The van der Waals surface area contributed by atoms with Gasteiger partial charge < -0.3 is 5.32 Å². The zero-order valence-electron chi connectivity index (χ0n) is 9.53. The number of aromatic nitrogens is 1. The summed E-state index contributed by atoms with van der Waals surface area (Å²) in [6, 6.07) is 4.15. The second-order valence-electron chi connectivity index (χ2n) is 4.77. The average molecular weight is 205 g/mol. The molecule has 1 aromatic rings. The van der Waals surface area contributed by atoms with Crippen LogP contribution in [-0.2, 0) is 6.54 Å². The van der Waals surface area contributed by atoms with Crippen molar-refractivity contribution in [1.82, 2.24) is 15.2 Å². The fourth-order valence-electron chi connectivity index (χ4n) is 2.03. The van der Waals surface area contributed by atoms with Gasteiger partial charge in [0, 0.05) is 44.1 Å². The molecule has 3 nitrogen and oxygen atoms in total. The first kappa shape index (κ1) is 10.6. The van der Waals surface area contributed by atoms with Crippen LogP contribution in [0.1, 0.15) is 19.4 Å². The van der Waals surface area contributed by atoms with Crippen molar-refractivity contribution < 1.29 is 0 Å². The van der Waals surface area contributed by atoms with Gasteiger partial charge in [-0.05, 0) is 25.5 Å². The molecule has 0 aromatic carbocycles. The predicted octanol–water partition coefficient (Wildman–Crippen LogP) is 1.27. The van der Waals surface area contributed by atoms with Crippen molar-refractivity contribution in [3.8, 4) is 0 Å². The van der Waals surface area contributed by atoms with Crippen molar-refractivity contribution in [3.05, 3.63) is 30.1 Å². The standard InChI is InChI=1S/C12H19N3/c1-12(2)10-14-6-7-15(12)9-11-4-3-5-13-8-11/h3-5,8,14H,6-7,9-10H2,1-2H3. The summed E-state index contributed by atoms with van der Waals surface area (Å²) in [7, 11) is 0. The van der Waals surface area contributed by atoms with E-state index < -0.39 is 0 Å². The first-order chi connectivity index (χ1) is 7.18. The van der Waals surface area contributed by atoms with E-state index >= 15 is 0 Å². The fraction of sp³-hybridized carbons (Fsp3) is 0.583. The lowest BCUT2D eigenvalue weighted by atomic mass is 9.99. The van der Waals surface area contributed by atoms with Gasteiger partial charge in [-0.15, -0.1) is 0 Å². The monoisotopic (exact) mass is 205 g/mol. The molecule has 2 rings (SSSR count). The summed E-state index contributed by atoms with van der Waals surface area (Å²) in [6.45, 7) is 8.84. The molecule has 2 heterocycles. The number of nitrogens with one attached hydrogen (secondary N) is 1. The van der Waals surface area contributed by atoms with E-state index in [1.165, 1.54) is 5.56 Å². The Morgan fingerprint density at radius 1 is 1.53 bits per heavy atom. The highest BCUT2D eigenvalue weighted by molar-refractivity contribution is 5.09. The van der Waals surface area contributed by atoms with Crippen LogP contribution in [0.2, 0.25) is 0 Å². The van der Waals surface area contributed by atoms with E-state index in [4.69, 9.17) is 0 Å². The maximum atomic E-state index is 4.16. The largest absolute Gasteiger partial charge is 0.314 e. The third-order valence-corrected chi connectivity index (χ3v) is 3.07. The molecule has 0 unspecified atom stereocenters. The smallest absolute Gasteiger partial charge is 0.0312 e. The zero-order chi connectivity index (χ0) is 10.7. The molecule has 1 saturated heterocycles. The molecule has 82 valence electrons. The highest BCUT2D eigenvalue weighted by atomic mass is 15.2. The number of pyridine rings is 1. The molecule has 0 amide bonds. The molecular formula is C12H19N3. The Bertz CT molecular complexity index is 308. The van der Waals surface area contributed by atoms with Gasteiger partial charge in [0.2, 0.25) is 0 Å². The van der Waals surface area contributed by atoms with E-state index in [2.05, 4.69) is 35.1 Å². The molecular weight excluding hydrogens is 186 g/mol. The van der Waals surface area contributed by atoms with E-state index in [0.717, 1.165) is 26.2 Å². The summed E-state index contributed by atoms with van der Waals surface area (Å²) < 4.78 is 0. The van der Waals surface area contributed by atoms with E-state index in [0.29, 0.717) is 0 Å². The molecule has 1 N–H and O–H groups in total. The Labute approximate surface area is 91.5 Å². The number of hydrogen-bond donors (Lipinski definition) is 1. The molecule has 1 aliphatic rings. The molecule has 1 fully saturated rings. The normalized spacial score (nSPS) is 21.5. The van der Waals surface area contributed by atoms with Crippen LogP contribution in [-0.4, -0.2) is 35.1 Å². The first-order valence-corrected chi connectivity index (χ1v) is 5.53. The lowest BCUT2D eigenvalue weighted by molar-refractivity contribution is 0.0826. The van der Waals surface area contributed by atoms with Crippen LogP contribution in [0.5, 0.6) is 0 Å². The van der Waals surface area contributed by atoms with Gasteiger partial charge in [-0.25, -0.2) is 0 Å². The van der Waals surface area contributed by atoms with E-state index in [9.17, 15) is 0 Å². The number of nitrogens with zero attached hydrogens (tertiary/aromatic N) is 2. The lowest BCUT2D eigenvalue weighted by Crippen LogP contribution is -2.57. The Balaban J connectivity index is 2.05. The molecule has 15 heavy (non-hydrogen) atoms. The summed E-state index contributed by atoms with van der Waals surface area (Å²) in [5.41, 5.74) is 1.54. The summed E-state index contributed by atoms with van der Waals surface area (Å²) in [4.78, 5) is 6.67. The quantitative estimate of drug-likeness (QED) is 0.788. The molecule has 0 bridgehead atoms. The minimum atomic E-state index is 0.244. The van der Waals surface area contributed by atoms with Crippen LogP contribution in [0.25, 0.3) is 0 Å². The van der Waals surface area contributed by atoms with Crippen LogP contribution in [0, 0.1) is 0 Å². The van der Waals surface area contributed by atoms with Crippen LogP contribution in [0.4, 0.5) is 0 Å². The number of hydrogen-bond acceptors (Lipinski definition) is 3. The minimum Gasteiger partial charge on any atom is -0.314 e. The second-order valence-corrected chi connectivity index (χ2v) is 4.77. The van der Waals surface area contributed by atoms with E-state index in [-0.39, 0.29) is 5.54 Å². The molecule has 0 atom stereocenters. The first-order valence-electron chi connectivity index (χ1n) is 5.53. The third-order valence-electron chi connectivity index (χ3n) is 3.07. The van der Waals surface area contributed by atoms with Gasteiger partial charge in [0.25, 0.3) is 0 Å². The number of rotatable bonds is 2. The van der Waals surface area contributed by atoms with Crippen molar-refractivity contribution in [2.75, 3.05) is 19.6 Å². The van der Waals surface area contributed by atoms with Crippen molar-refractivity contribution >= 4 is 0 Å². The molecule has 1 aromatic heterocycles. The molecule has 3 heteroatoms. The van der Waals surface area contributed by atoms with Crippen LogP contribution in [0.15, 0.2) is 24.5 Å². The van der Waals surface area contributed by atoms with Gasteiger partial charge in [0.15, 0.2) is 0 Å². The van der Waals surface area contributed by atoms with E-state index in [1.54, 1.807) is 0 Å². The zero-order valence-corrected chi connectivity index (χ0v) is 9.53. The molecule has 0 aliphatic carbocycles. The van der Waals surface area contributed by atoms with Gasteiger partial charge in [-0.2, -0.15) is 0 Å². The third kappa shape index (κ3) is 2.55. The van der Waals surface area contributed by atoms with Crippen LogP contribution < -0.4 is 5.32 Å². The van der Waals surface area contributed by atoms with Crippen molar-refractivity contribution in [2.24, 2.45) is 0 Å². The SMILES string of the molecule is CC1(C)CNCCN1Cc1cccnc1.